The van der Waals surface area contributed by atoms with E-state index in [1.165, 1.54) is 24.0 Å². The lowest BCUT2D eigenvalue weighted by atomic mass is 9.77. The van der Waals surface area contributed by atoms with E-state index in [9.17, 15) is 14.5 Å². The van der Waals surface area contributed by atoms with Gasteiger partial charge in [0, 0.05) is 5.82 Å². The van der Waals surface area contributed by atoms with Crippen molar-refractivity contribution in [3.05, 3.63) is 35.1 Å². The molecule has 0 spiro atoms. The van der Waals surface area contributed by atoms with Crippen molar-refractivity contribution in [2.24, 2.45) is 0 Å². The smallest absolute Gasteiger partial charge is 0.478 e. The maximum absolute atomic E-state index is 12.6. The summed E-state index contributed by atoms with van der Waals surface area (Å²) in [7, 11) is -4.10. The van der Waals surface area contributed by atoms with Crippen LogP contribution in [0.2, 0.25) is 0 Å². The summed E-state index contributed by atoms with van der Waals surface area (Å²) >= 11 is 0. The molecule has 0 aliphatic carbocycles. The maximum atomic E-state index is 12.6. The van der Waals surface area contributed by atoms with Crippen molar-refractivity contribution < 1.29 is 32.8 Å². The fourth-order valence-corrected chi connectivity index (χ4v) is 3.99. The molecule has 154 valence electrons. The number of hydrogen-bond acceptors (Lipinski definition) is 6. The Morgan fingerprint density at radius 1 is 1.11 bits per heavy atom. The molecule has 28 heavy (non-hydrogen) atoms. The van der Waals surface area contributed by atoms with Crippen LogP contribution in [0.1, 0.15) is 57.5 Å². The quantitative estimate of drug-likeness (QED) is 0.513. The van der Waals surface area contributed by atoms with Gasteiger partial charge in [-0.05, 0) is 70.8 Å². The molecule has 1 aliphatic heterocycles. The molecule has 0 atom stereocenters. The highest BCUT2D eigenvalue weighted by Crippen LogP contribution is 2.50. The maximum Gasteiger partial charge on any atom is 0.494 e. The van der Waals surface area contributed by atoms with Crippen LogP contribution in [0.25, 0.3) is 6.08 Å². The average Bonchev–Trinajstić information content (AvgIpc) is 2.81. The van der Waals surface area contributed by atoms with E-state index in [0.29, 0.717) is 11.0 Å². The predicted octanol–water partition coefficient (Wildman–Crippen LogP) is 3.92. The SMILES string of the molecule is CCOP(=O)(C=Cc1cc(B2OC(C)(C)C(C)(C)O2)cc(C(=O)O)c1)OCC. The van der Waals surface area contributed by atoms with Gasteiger partial charge in [0.1, 0.15) is 0 Å². The third-order valence-corrected chi connectivity index (χ3v) is 6.57. The molecule has 0 radical (unpaired) electrons. The van der Waals surface area contributed by atoms with Gasteiger partial charge in [0.25, 0.3) is 0 Å². The van der Waals surface area contributed by atoms with Gasteiger partial charge in [-0.25, -0.2) is 4.79 Å². The molecule has 1 aromatic carbocycles. The van der Waals surface area contributed by atoms with Gasteiger partial charge in [0.2, 0.25) is 0 Å². The second kappa shape index (κ2) is 8.51. The van der Waals surface area contributed by atoms with Gasteiger partial charge in [-0.1, -0.05) is 6.07 Å². The Morgan fingerprint density at radius 3 is 2.11 bits per heavy atom. The largest absolute Gasteiger partial charge is 0.494 e. The summed E-state index contributed by atoms with van der Waals surface area (Å²) in [6, 6.07) is 4.75. The molecule has 7 nitrogen and oxygen atoms in total. The van der Waals surface area contributed by atoms with Gasteiger partial charge >= 0.3 is 20.7 Å². The Labute approximate surface area is 166 Å². The van der Waals surface area contributed by atoms with Crippen molar-refractivity contribution in [3.8, 4) is 0 Å². The van der Waals surface area contributed by atoms with Crippen LogP contribution in [0.4, 0.5) is 0 Å². The highest BCUT2D eigenvalue weighted by Gasteiger charge is 2.51. The predicted molar refractivity (Wildman–Crippen MR) is 109 cm³/mol. The number of hydrogen-bond donors (Lipinski definition) is 1. The molecule has 1 saturated heterocycles. The summed E-state index contributed by atoms with van der Waals surface area (Å²) in [5.74, 6) is 0.264. The van der Waals surface area contributed by atoms with Gasteiger partial charge in [-0.15, -0.1) is 0 Å². The molecule has 0 saturated carbocycles. The van der Waals surface area contributed by atoms with Crippen LogP contribution in [0.15, 0.2) is 24.0 Å². The first kappa shape index (κ1) is 22.8. The van der Waals surface area contributed by atoms with E-state index in [-0.39, 0.29) is 18.8 Å². The highest BCUT2D eigenvalue weighted by molar-refractivity contribution is 7.57. The summed E-state index contributed by atoms with van der Waals surface area (Å²) in [4.78, 5) is 11.6. The summed E-state index contributed by atoms with van der Waals surface area (Å²) in [6.07, 6.45) is 1.53. The van der Waals surface area contributed by atoms with E-state index < -0.39 is 31.9 Å². The molecule has 1 N–H and O–H groups in total. The van der Waals surface area contributed by atoms with Gasteiger partial charge in [-0.2, -0.15) is 0 Å². The van der Waals surface area contributed by atoms with Crippen LogP contribution in [0.3, 0.4) is 0 Å². The molecule has 2 rings (SSSR count). The van der Waals surface area contributed by atoms with Crippen LogP contribution >= 0.6 is 7.60 Å². The van der Waals surface area contributed by atoms with Gasteiger partial charge in [0.05, 0.1) is 30.0 Å². The van der Waals surface area contributed by atoms with Gasteiger partial charge in [0.15, 0.2) is 0 Å². The van der Waals surface area contributed by atoms with Crippen molar-refractivity contribution in [2.75, 3.05) is 13.2 Å². The van der Waals surface area contributed by atoms with Crippen LogP contribution in [0.5, 0.6) is 0 Å². The van der Waals surface area contributed by atoms with E-state index in [1.807, 2.05) is 27.7 Å². The zero-order valence-electron chi connectivity index (χ0n) is 17.2. The van der Waals surface area contributed by atoms with Crippen molar-refractivity contribution in [3.63, 3.8) is 0 Å². The van der Waals surface area contributed by atoms with E-state index >= 15 is 0 Å². The lowest BCUT2D eigenvalue weighted by Gasteiger charge is -2.32. The number of carboxylic acids is 1. The third-order valence-electron chi connectivity index (χ3n) is 4.82. The number of rotatable bonds is 8. The minimum atomic E-state index is -3.40. The summed E-state index contributed by atoms with van der Waals surface area (Å²) in [5, 5.41) is 9.47. The van der Waals surface area contributed by atoms with Crippen LogP contribution in [-0.4, -0.2) is 42.6 Å². The van der Waals surface area contributed by atoms with Gasteiger partial charge in [-0.3, -0.25) is 4.57 Å². The fourth-order valence-electron chi connectivity index (χ4n) is 2.67. The summed E-state index contributed by atoms with van der Waals surface area (Å²) in [6.45, 7) is 11.6. The first-order chi connectivity index (χ1) is 12.9. The molecule has 1 aliphatic rings. The number of carboxylic acid groups (broad SMARTS) is 1. The second-order valence-electron chi connectivity index (χ2n) is 7.47. The molecule has 0 bridgehead atoms. The summed E-state index contributed by atoms with van der Waals surface area (Å²) in [5.41, 5.74) is 0.0820. The topological polar surface area (TPSA) is 91.3 Å². The van der Waals surface area contributed by atoms with Crippen molar-refractivity contribution in [2.45, 2.75) is 52.7 Å². The fraction of sp³-hybridized carbons (Fsp3) is 0.526. The zero-order chi connectivity index (χ0) is 21.2. The van der Waals surface area contributed by atoms with E-state index in [0.717, 1.165) is 0 Å². The van der Waals surface area contributed by atoms with E-state index in [1.54, 1.807) is 19.9 Å². The lowest BCUT2D eigenvalue weighted by molar-refractivity contribution is 0.00578. The number of benzene rings is 1. The highest BCUT2D eigenvalue weighted by atomic mass is 31.2. The molecular weight excluding hydrogens is 382 g/mol. The van der Waals surface area contributed by atoms with Crippen molar-refractivity contribution >= 4 is 32.2 Å². The second-order valence-corrected chi connectivity index (χ2v) is 9.37. The van der Waals surface area contributed by atoms with E-state index in [4.69, 9.17) is 18.4 Å². The molecule has 1 heterocycles. The molecule has 1 fully saturated rings. The van der Waals surface area contributed by atoms with Crippen LogP contribution in [-0.2, 0) is 22.9 Å². The Morgan fingerprint density at radius 2 is 1.64 bits per heavy atom. The Hall–Kier alpha value is -1.44. The Kier molecular flexibility index (Phi) is 6.95. The monoisotopic (exact) mass is 410 g/mol. The van der Waals surface area contributed by atoms with Crippen molar-refractivity contribution in [1.82, 2.24) is 0 Å². The molecule has 1 aromatic rings. The molecule has 0 unspecified atom stereocenters. The molecule has 0 amide bonds. The lowest BCUT2D eigenvalue weighted by Crippen LogP contribution is -2.41. The molecule has 9 heteroatoms. The van der Waals surface area contributed by atoms with Gasteiger partial charge < -0.3 is 23.5 Å². The Balaban J connectivity index is 2.41. The first-order valence-electron chi connectivity index (χ1n) is 9.25. The minimum absolute atomic E-state index is 0.0783. The summed E-state index contributed by atoms with van der Waals surface area (Å²) < 4.78 is 35.1. The number of aromatic carboxylic acids is 1. The van der Waals surface area contributed by atoms with Crippen molar-refractivity contribution in [1.29, 1.82) is 0 Å². The van der Waals surface area contributed by atoms with E-state index in [2.05, 4.69) is 0 Å². The number of carbonyl (C=O) groups is 1. The molecular formula is C19H28BO7P. The molecule has 0 aromatic heterocycles. The zero-order valence-corrected chi connectivity index (χ0v) is 18.1. The third kappa shape index (κ3) is 5.13. The minimum Gasteiger partial charge on any atom is -0.478 e. The average molecular weight is 410 g/mol. The normalized spacial score (nSPS) is 18.7. The first-order valence-corrected chi connectivity index (χ1v) is 10.9. The van der Waals surface area contributed by atoms with Crippen LogP contribution in [0, 0.1) is 0 Å². The Bertz CT molecular complexity index is 777. The van der Waals surface area contributed by atoms with Crippen LogP contribution < -0.4 is 5.46 Å². The standard InChI is InChI=1S/C19H28BO7P/c1-7-24-28(23,25-8-2)10-9-14-11-15(17(21)22)13-16(12-14)20-26-18(3,4)19(5,6)27-20/h9-13H,7-8H2,1-6H3,(H,21,22).